The van der Waals surface area contributed by atoms with Crippen molar-refractivity contribution in [1.29, 1.82) is 0 Å². The molecule has 1 amide bonds. The van der Waals surface area contributed by atoms with Gasteiger partial charge in [0.15, 0.2) is 0 Å². The molecule has 0 radical (unpaired) electrons. The van der Waals surface area contributed by atoms with Crippen molar-refractivity contribution in [2.24, 2.45) is 5.73 Å². The fraction of sp³-hybridized carbons (Fsp3) is 0.333. The van der Waals surface area contributed by atoms with Gasteiger partial charge in [0.05, 0.1) is 7.11 Å². The third kappa shape index (κ3) is 8.38. The van der Waals surface area contributed by atoms with Gasteiger partial charge in [-0.15, -0.1) is 24.8 Å². The molecule has 6 nitrogen and oxygen atoms in total. The number of aromatic nitrogens is 1. The Bertz CT molecular complexity index is 667. The first kappa shape index (κ1) is 24.0. The number of methoxy groups -OCH3 is 1. The van der Waals surface area contributed by atoms with Gasteiger partial charge in [-0.25, -0.2) is 4.98 Å². The molecule has 1 atom stereocenters. The van der Waals surface area contributed by atoms with Crippen LogP contribution in [0.5, 0.6) is 17.4 Å². The first-order chi connectivity index (χ1) is 11.6. The van der Waals surface area contributed by atoms with Crippen LogP contribution in [0.2, 0.25) is 0 Å². The lowest BCUT2D eigenvalue weighted by Crippen LogP contribution is -2.25. The Morgan fingerprint density at radius 2 is 1.85 bits per heavy atom. The van der Waals surface area contributed by atoms with E-state index in [1.165, 1.54) is 0 Å². The molecule has 1 aromatic carbocycles. The largest absolute Gasteiger partial charge is 0.497 e. The number of carbonyl (C=O) groups is 1. The van der Waals surface area contributed by atoms with E-state index in [1.807, 2.05) is 37.3 Å². The van der Waals surface area contributed by atoms with E-state index in [4.69, 9.17) is 15.2 Å². The van der Waals surface area contributed by atoms with Crippen LogP contribution in [0.1, 0.15) is 25.3 Å². The third-order valence-corrected chi connectivity index (χ3v) is 3.40. The summed E-state index contributed by atoms with van der Waals surface area (Å²) in [6, 6.07) is 10.9. The van der Waals surface area contributed by atoms with Crippen LogP contribution in [-0.2, 0) is 11.3 Å². The number of rotatable bonds is 8. The zero-order valence-corrected chi connectivity index (χ0v) is 16.4. The van der Waals surface area contributed by atoms with Gasteiger partial charge in [0.1, 0.15) is 11.5 Å². The van der Waals surface area contributed by atoms with Crippen molar-refractivity contribution in [3.8, 4) is 17.4 Å². The molecule has 3 N–H and O–H groups in total. The number of hydrogen-bond acceptors (Lipinski definition) is 5. The van der Waals surface area contributed by atoms with Gasteiger partial charge in [-0.05, 0) is 49.2 Å². The molecular weight excluding hydrogens is 377 g/mol. The number of hydrogen-bond donors (Lipinski definition) is 2. The van der Waals surface area contributed by atoms with Gasteiger partial charge in [0.25, 0.3) is 0 Å². The minimum atomic E-state index is -0.0123. The summed E-state index contributed by atoms with van der Waals surface area (Å²) in [6.45, 7) is 2.32. The van der Waals surface area contributed by atoms with Crippen LogP contribution in [0, 0.1) is 0 Å². The summed E-state index contributed by atoms with van der Waals surface area (Å²) in [5.41, 5.74) is 6.57. The zero-order chi connectivity index (χ0) is 17.4. The molecule has 1 heterocycles. The van der Waals surface area contributed by atoms with Crippen LogP contribution in [0.25, 0.3) is 0 Å². The van der Waals surface area contributed by atoms with Crippen LogP contribution in [0.4, 0.5) is 0 Å². The van der Waals surface area contributed by atoms with E-state index in [1.54, 1.807) is 19.4 Å². The molecule has 0 saturated heterocycles. The van der Waals surface area contributed by atoms with E-state index in [0.29, 0.717) is 31.0 Å². The summed E-state index contributed by atoms with van der Waals surface area (Å²) in [4.78, 5) is 15.9. The number of nitrogens with one attached hydrogen (secondary N) is 1. The van der Waals surface area contributed by atoms with E-state index in [-0.39, 0.29) is 36.8 Å². The summed E-state index contributed by atoms with van der Waals surface area (Å²) < 4.78 is 10.8. The molecule has 144 valence electrons. The molecule has 0 aliphatic rings. The number of amides is 1. The van der Waals surface area contributed by atoms with Crippen LogP contribution >= 0.6 is 24.8 Å². The van der Waals surface area contributed by atoms with E-state index in [9.17, 15) is 4.79 Å². The number of carbonyl (C=O) groups excluding carboxylic acids is 1. The lowest BCUT2D eigenvalue weighted by molar-refractivity contribution is -0.121. The highest BCUT2D eigenvalue weighted by Gasteiger charge is 2.05. The van der Waals surface area contributed by atoms with Crippen LogP contribution in [0.15, 0.2) is 42.6 Å². The number of halogens is 2. The highest BCUT2D eigenvalue weighted by atomic mass is 35.5. The molecule has 0 spiro atoms. The lowest BCUT2D eigenvalue weighted by atomic mass is 10.2. The van der Waals surface area contributed by atoms with Crippen molar-refractivity contribution in [3.63, 3.8) is 0 Å². The molecular formula is C18H25Cl2N3O3. The quantitative estimate of drug-likeness (QED) is 0.706. The Balaban J connectivity index is 0.00000312. The van der Waals surface area contributed by atoms with Gasteiger partial charge in [-0.3, -0.25) is 4.79 Å². The monoisotopic (exact) mass is 401 g/mol. The van der Waals surface area contributed by atoms with E-state index < -0.39 is 0 Å². The number of ether oxygens (including phenoxy) is 2. The van der Waals surface area contributed by atoms with Gasteiger partial charge < -0.3 is 20.5 Å². The SMILES string of the molecule is COc1ccc(Oc2cc(CNC(=O)CCC(C)N)ccn2)cc1.Cl.Cl. The van der Waals surface area contributed by atoms with Crippen LogP contribution in [-0.4, -0.2) is 24.0 Å². The summed E-state index contributed by atoms with van der Waals surface area (Å²) in [7, 11) is 1.61. The third-order valence-electron chi connectivity index (χ3n) is 3.40. The highest BCUT2D eigenvalue weighted by molar-refractivity contribution is 5.85. The number of pyridine rings is 1. The van der Waals surface area contributed by atoms with Crippen molar-refractivity contribution < 1.29 is 14.3 Å². The van der Waals surface area contributed by atoms with Crippen LogP contribution < -0.4 is 20.5 Å². The Morgan fingerprint density at radius 1 is 1.19 bits per heavy atom. The maximum atomic E-state index is 11.7. The summed E-state index contributed by atoms with van der Waals surface area (Å²) in [5.74, 6) is 1.89. The number of benzene rings is 1. The molecule has 2 aromatic rings. The zero-order valence-electron chi connectivity index (χ0n) is 14.8. The van der Waals surface area contributed by atoms with Crippen molar-refractivity contribution in [3.05, 3.63) is 48.2 Å². The lowest BCUT2D eigenvalue weighted by Gasteiger charge is -2.09. The fourth-order valence-electron chi connectivity index (χ4n) is 2.03. The second-order valence-electron chi connectivity index (χ2n) is 5.57. The maximum absolute atomic E-state index is 11.7. The molecule has 0 saturated carbocycles. The Kier molecular flexibility index (Phi) is 11.4. The topological polar surface area (TPSA) is 86.5 Å². The minimum Gasteiger partial charge on any atom is -0.497 e. The maximum Gasteiger partial charge on any atom is 0.220 e. The predicted octanol–water partition coefficient (Wildman–Crippen LogP) is 3.47. The molecule has 1 unspecified atom stereocenters. The molecule has 1 aromatic heterocycles. The molecule has 0 bridgehead atoms. The normalized spacial score (nSPS) is 10.7. The summed E-state index contributed by atoms with van der Waals surface area (Å²) in [6.07, 6.45) is 2.76. The summed E-state index contributed by atoms with van der Waals surface area (Å²) >= 11 is 0. The van der Waals surface area contributed by atoms with Gasteiger partial charge in [-0.1, -0.05) is 0 Å². The van der Waals surface area contributed by atoms with E-state index in [0.717, 1.165) is 11.3 Å². The minimum absolute atomic E-state index is 0. The van der Waals surface area contributed by atoms with Crippen molar-refractivity contribution in [1.82, 2.24) is 10.3 Å². The van der Waals surface area contributed by atoms with Crippen molar-refractivity contribution in [2.45, 2.75) is 32.4 Å². The average Bonchev–Trinajstić information content (AvgIpc) is 2.59. The van der Waals surface area contributed by atoms with E-state index in [2.05, 4.69) is 10.3 Å². The van der Waals surface area contributed by atoms with Crippen LogP contribution in [0.3, 0.4) is 0 Å². The molecule has 2 rings (SSSR count). The van der Waals surface area contributed by atoms with Gasteiger partial charge >= 0.3 is 0 Å². The Hall–Kier alpha value is -2.02. The second kappa shape index (κ2) is 12.4. The fourth-order valence-corrected chi connectivity index (χ4v) is 2.03. The van der Waals surface area contributed by atoms with Gasteiger partial charge in [0.2, 0.25) is 11.8 Å². The molecule has 8 heteroatoms. The summed E-state index contributed by atoms with van der Waals surface area (Å²) in [5, 5.41) is 2.87. The molecule has 0 aliphatic heterocycles. The first-order valence-electron chi connectivity index (χ1n) is 7.86. The second-order valence-corrected chi connectivity index (χ2v) is 5.57. The highest BCUT2D eigenvalue weighted by Crippen LogP contribution is 2.22. The smallest absolute Gasteiger partial charge is 0.220 e. The van der Waals surface area contributed by atoms with Crippen molar-refractivity contribution in [2.75, 3.05) is 7.11 Å². The Labute approximate surface area is 166 Å². The van der Waals surface area contributed by atoms with Crippen molar-refractivity contribution >= 4 is 30.7 Å². The average molecular weight is 402 g/mol. The molecule has 26 heavy (non-hydrogen) atoms. The predicted molar refractivity (Wildman–Crippen MR) is 107 cm³/mol. The Morgan fingerprint density at radius 3 is 2.46 bits per heavy atom. The number of nitrogens with zero attached hydrogens (tertiary/aromatic N) is 1. The molecule has 0 aliphatic carbocycles. The van der Waals surface area contributed by atoms with Gasteiger partial charge in [0, 0.05) is 31.3 Å². The van der Waals surface area contributed by atoms with E-state index >= 15 is 0 Å². The standard InChI is InChI=1S/C18H23N3O3.2ClH/c1-13(19)3-8-17(22)21-12-14-9-10-20-18(11-14)24-16-6-4-15(23-2)5-7-16;;/h4-7,9-11,13H,3,8,12,19H2,1-2H3,(H,21,22);2*1H. The molecule has 0 fully saturated rings. The van der Waals surface area contributed by atoms with Gasteiger partial charge in [-0.2, -0.15) is 0 Å². The number of nitrogens with two attached hydrogens (primary N) is 1. The first-order valence-corrected chi connectivity index (χ1v) is 7.86.